The predicted octanol–water partition coefficient (Wildman–Crippen LogP) is 6.09. The lowest BCUT2D eigenvalue weighted by Crippen LogP contribution is -2.31. The molecule has 4 aromatic carbocycles. The lowest BCUT2D eigenvalue weighted by atomic mass is 10.1. The highest BCUT2D eigenvalue weighted by Crippen LogP contribution is 2.19. The molecule has 0 atom stereocenters. The molecule has 4 heterocycles. The standard InChI is InChI=1S/C42H38N6/c1-3-7-35(8-4-1)31-43-27-29-47(33-43)41-15-11-39(12-16-41)45-23-19-37(20-24-45)38-21-25-46(26-22-38)40-13-17-42(18-14-40)48-30-28-44(34-48)32-36-9-5-2-6-10-36/h1-27,29,33-34H,28,30-32H2/q+4. The monoisotopic (exact) mass is 626 g/mol. The Morgan fingerprint density at radius 2 is 1.02 bits per heavy atom. The molecular weight excluding hydrogens is 589 g/mol. The molecule has 0 unspecified atom stereocenters. The first-order chi connectivity index (χ1) is 23.7. The first kappa shape index (κ1) is 29.3. The van der Waals surface area contributed by atoms with Crippen LogP contribution < -0.4 is 18.6 Å². The van der Waals surface area contributed by atoms with Gasteiger partial charge in [0.15, 0.2) is 24.8 Å². The second-order valence-corrected chi connectivity index (χ2v) is 12.3. The first-order valence-electron chi connectivity index (χ1n) is 16.5. The average molecular weight is 627 g/mol. The highest BCUT2D eigenvalue weighted by Gasteiger charge is 2.22. The van der Waals surface area contributed by atoms with Crippen LogP contribution in [0.2, 0.25) is 0 Å². The number of imidazole rings is 1. The number of benzene rings is 4. The van der Waals surface area contributed by atoms with Crippen LogP contribution in [0.1, 0.15) is 11.1 Å². The average Bonchev–Trinajstić information content (AvgIpc) is 3.83. The van der Waals surface area contributed by atoms with Crippen molar-refractivity contribution >= 4 is 12.0 Å². The molecule has 0 saturated heterocycles. The molecule has 0 saturated carbocycles. The Kier molecular flexibility index (Phi) is 8.11. The largest absolute Gasteiger partial charge is 0.260 e. The second-order valence-electron chi connectivity index (χ2n) is 12.3. The van der Waals surface area contributed by atoms with Crippen LogP contribution in [0.4, 0.5) is 5.69 Å². The Balaban J connectivity index is 0.895. The summed E-state index contributed by atoms with van der Waals surface area (Å²) < 4.78 is 11.1. The Labute approximate surface area is 281 Å². The minimum absolute atomic E-state index is 0.857. The van der Waals surface area contributed by atoms with E-state index in [9.17, 15) is 0 Å². The highest BCUT2D eigenvalue weighted by molar-refractivity contribution is 5.77. The molecule has 0 radical (unpaired) electrons. The van der Waals surface area contributed by atoms with Gasteiger partial charge < -0.3 is 0 Å². The van der Waals surface area contributed by atoms with Crippen LogP contribution in [0.25, 0.3) is 28.2 Å². The van der Waals surface area contributed by atoms with Crippen molar-refractivity contribution in [1.82, 2.24) is 4.57 Å². The van der Waals surface area contributed by atoms with E-state index in [0.29, 0.717) is 0 Å². The number of hydrogen-bond acceptors (Lipinski definition) is 1. The van der Waals surface area contributed by atoms with Gasteiger partial charge in [0.05, 0.1) is 0 Å². The molecule has 6 heteroatoms. The van der Waals surface area contributed by atoms with Gasteiger partial charge in [-0.2, -0.15) is 9.13 Å². The molecule has 6 nitrogen and oxygen atoms in total. The number of pyridine rings is 2. The Morgan fingerprint density at radius 1 is 0.500 bits per heavy atom. The normalized spacial score (nSPS) is 12.7. The fourth-order valence-electron chi connectivity index (χ4n) is 6.31. The molecule has 0 fully saturated rings. The predicted molar refractivity (Wildman–Crippen MR) is 189 cm³/mol. The zero-order valence-corrected chi connectivity index (χ0v) is 26.8. The van der Waals surface area contributed by atoms with Gasteiger partial charge in [-0.1, -0.05) is 60.7 Å². The molecule has 1 aliphatic rings. The molecule has 8 rings (SSSR count). The fourth-order valence-corrected chi connectivity index (χ4v) is 6.31. The van der Waals surface area contributed by atoms with Crippen LogP contribution in [-0.4, -0.2) is 28.6 Å². The maximum Gasteiger partial charge on any atom is 0.249 e. The van der Waals surface area contributed by atoms with Crippen molar-refractivity contribution in [2.45, 2.75) is 13.1 Å². The number of hydrogen-bond donors (Lipinski definition) is 0. The van der Waals surface area contributed by atoms with Gasteiger partial charge in [-0.05, 0) is 46.5 Å². The van der Waals surface area contributed by atoms with E-state index in [1.807, 2.05) is 0 Å². The van der Waals surface area contributed by atoms with Crippen LogP contribution in [-0.2, 0) is 13.1 Å². The molecule has 3 aromatic heterocycles. The maximum atomic E-state index is 2.38. The molecule has 0 amide bonds. The highest BCUT2D eigenvalue weighted by atomic mass is 15.3. The van der Waals surface area contributed by atoms with Crippen molar-refractivity contribution in [2.24, 2.45) is 0 Å². The van der Waals surface area contributed by atoms with E-state index in [-0.39, 0.29) is 0 Å². The number of rotatable bonds is 9. The van der Waals surface area contributed by atoms with E-state index < -0.39 is 0 Å². The van der Waals surface area contributed by atoms with Crippen molar-refractivity contribution in [1.29, 1.82) is 0 Å². The van der Waals surface area contributed by atoms with E-state index in [2.05, 4.69) is 211 Å². The van der Waals surface area contributed by atoms with E-state index in [4.69, 9.17) is 0 Å². The van der Waals surface area contributed by atoms with E-state index in [0.717, 1.165) is 43.2 Å². The smallest absolute Gasteiger partial charge is 0.249 e. The Bertz CT molecular complexity index is 2130. The van der Waals surface area contributed by atoms with Crippen molar-refractivity contribution < 1.29 is 18.3 Å². The van der Waals surface area contributed by atoms with Crippen LogP contribution in [0, 0.1) is 0 Å². The molecule has 232 valence electrons. The Morgan fingerprint density at radius 3 is 1.58 bits per heavy atom. The van der Waals surface area contributed by atoms with Crippen molar-refractivity contribution in [3.8, 4) is 28.2 Å². The molecular formula is C42H38N6+4. The lowest BCUT2D eigenvalue weighted by Gasteiger charge is -2.06. The summed E-state index contributed by atoms with van der Waals surface area (Å²) in [5, 5.41) is 0. The number of aromatic nitrogens is 4. The third-order valence-electron chi connectivity index (χ3n) is 8.98. The van der Waals surface area contributed by atoms with Gasteiger partial charge in [0.1, 0.15) is 49.9 Å². The summed E-state index contributed by atoms with van der Waals surface area (Å²) in [5.74, 6) is 0. The van der Waals surface area contributed by atoms with Gasteiger partial charge in [-0.15, -0.1) is 0 Å². The van der Waals surface area contributed by atoms with E-state index >= 15 is 0 Å². The molecule has 0 aliphatic carbocycles. The van der Waals surface area contributed by atoms with Crippen molar-refractivity contribution in [3.05, 3.63) is 188 Å². The minimum Gasteiger partial charge on any atom is -0.260 e. The number of nitrogens with zero attached hydrogens (tertiary/aromatic N) is 6. The molecule has 0 spiro atoms. The summed E-state index contributed by atoms with van der Waals surface area (Å²) in [5.41, 5.74) is 9.62. The van der Waals surface area contributed by atoms with Crippen LogP contribution in [0.15, 0.2) is 177 Å². The van der Waals surface area contributed by atoms with Crippen molar-refractivity contribution in [2.75, 3.05) is 18.0 Å². The van der Waals surface area contributed by atoms with Crippen LogP contribution >= 0.6 is 0 Å². The van der Waals surface area contributed by atoms with Gasteiger partial charge in [0, 0.05) is 48.5 Å². The Hall–Kier alpha value is -6.14. The third-order valence-corrected chi connectivity index (χ3v) is 8.98. The summed E-state index contributed by atoms with van der Waals surface area (Å²) in [6, 6.07) is 47.4. The van der Waals surface area contributed by atoms with Crippen LogP contribution in [0.5, 0.6) is 0 Å². The maximum absolute atomic E-state index is 2.38. The van der Waals surface area contributed by atoms with Gasteiger partial charge in [-0.3, -0.25) is 4.58 Å². The number of anilines is 1. The van der Waals surface area contributed by atoms with Gasteiger partial charge >= 0.3 is 0 Å². The second kappa shape index (κ2) is 13.3. The zero-order valence-electron chi connectivity index (χ0n) is 26.8. The van der Waals surface area contributed by atoms with Crippen LogP contribution in [0.3, 0.4) is 0 Å². The summed E-state index contributed by atoms with van der Waals surface area (Å²) in [6.07, 6.45) is 17.1. The van der Waals surface area contributed by atoms with Gasteiger partial charge in [0.2, 0.25) is 24.0 Å². The quantitative estimate of drug-likeness (QED) is 0.178. The SMILES string of the molecule is C1=[N+](Cc2ccccc2)CCN1c1ccc(-[n+]2ccc(-c3cc[n+](-c4ccc(-n5cc[n+](Cc6ccccc6)c5)cc4)cc3)cc2)cc1. The lowest BCUT2D eigenvalue weighted by molar-refractivity contribution is -0.687. The summed E-state index contributed by atoms with van der Waals surface area (Å²) in [7, 11) is 0. The minimum atomic E-state index is 0.857. The zero-order chi connectivity index (χ0) is 32.1. The molecule has 0 N–H and O–H groups in total. The summed E-state index contributed by atoms with van der Waals surface area (Å²) in [4.78, 5) is 2.33. The summed E-state index contributed by atoms with van der Waals surface area (Å²) in [6.45, 7) is 3.83. The third kappa shape index (κ3) is 6.55. The molecule has 48 heavy (non-hydrogen) atoms. The fraction of sp³-hybridized carbons (Fsp3) is 0.0952. The van der Waals surface area contributed by atoms with Crippen molar-refractivity contribution in [3.63, 3.8) is 0 Å². The molecule has 7 aromatic rings. The topological polar surface area (TPSA) is 22.8 Å². The van der Waals surface area contributed by atoms with Gasteiger partial charge in [-0.25, -0.2) is 14.0 Å². The van der Waals surface area contributed by atoms with E-state index in [1.165, 1.54) is 27.9 Å². The summed E-state index contributed by atoms with van der Waals surface area (Å²) >= 11 is 0. The molecule has 0 bridgehead atoms. The molecule has 1 aliphatic heterocycles. The van der Waals surface area contributed by atoms with Gasteiger partial charge in [0.25, 0.3) is 0 Å². The first-order valence-corrected chi connectivity index (χ1v) is 16.5. The van der Waals surface area contributed by atoms with E-state index in [1.54, 1.807) is 0 Å².